The summed E-state index contributed by atoms with van der Waals surface area (Å²) in [5.41, 5.74) is 0.891. The van der Waals surface area contributed by atoms with Gasteiger partial charge in [-0.15, -0.1) is 0 Å². The van der Waals surface area contributed by atoms with Crippen LogP contribution in [-0.2, 0) is 11.2 Å². The number of carboxylic acids is 1. The van der Waals surface area contributed by atoms with Gasteiger partial charge in [-0.1, -0.05) is 0 Å². The zero-order valence-corrected chi connectivity index (χ0v) is 9.35. The number of oxazole rings is 1. The lowest BCUT2D eigenvalue weighted by Gasteiger charge is -2.28. The number of rotatable bonds is 3. The third-order valence-electron chi connectivity index (χ3n) is 2.91. The summed E-state index contributed by atoms with van der Waals surface area (Å²) < 4.78 is 5.15. The maximum atomic E-state index is 10.5. The van der Waals surface area contributed by atoms with Crippen LogP contribution in [0.5, 0.6) is 0 Å². The molecule has 16 heavy (non-hydrogen) atoms. The molecule has 1 aliphatic heterocycles. The minimum atomic E-state index is -0.908. The van der Waals surface area contributed by atoms with Crippen LogP contribution in [0.4, 0.5) is 0 Å². The number of aromatic nitrogens is 1. The van der Waals surface area contributed by atoms with Crippen molar-refractivity contribution in [3.63, 3.8) is 0 Å². The van der Waals surface area contributed by atoms with Crippen LogP contribution in [0.15, 0.2) is 10.7 Å². The first-order valence-electron chi connectivity index (χ1n) is 5.50. The van der Waals surface area contributed by atoms with Crippen molar-refractivity contribution >= 4 is 5.97 Å². The summed E-state index contributed by atoms with van der Waals surface area (Å²) in [4.78, 5) is 17.0. The molecule has 0 radical (unpaired) electrons. The van der Waals surface area contributed by atoms with Crippen LogP contribution in [0.3, 0.4) is 0 Å². The Labute approximate surface area is 94.1 Å². The minimum Gasteiger partial charge on any atom is -0.481 e. The molecule has 1 aliphatic rings. The standard InChI is InChI=1S/C11H16N2O3/c1-13-4-2-3-8(6-13)9-7-16-10(12-9)5-11(14)15/h7-8H,2-6H2,1H3,(H,14,15). The largest absolute Gasteiger partial charge is 0.481 e. The fraction of sp³-hybridized carbons (Fsp3) is 0.636. The van der Waals surface area contributed by atoms with Gasteiger partial charge in [0.15, 0.2) is 0 Å². The topological polar surface area (TPSA) is 66.6 Å². The second kappa shape index (κ2) is 4.65. The van der Waals surface area contributed by atoms with Crippen LogP contribution in [0.1, 0.15) is 30.3 Å². The summed E-state index contributed by atoms with van der Waals surface area (Å²) in [6.45, 7) is 2.09. The number of piperidine rings is 1. The third kappa shape index (κ3) is 2.61. The van der Waals surface area contributed by atoms with Crippen molar-refractivity contribution in [2.75, 3.05) is 20.1 Å². The molecule has 2 rings (SSSR count). The SMILES string of the molecule is CN1CCCC(c2coc(CC(=O)O)n2)C1. The van der Waals surface area contributed by atoms with Gasteiger partial charge >= 0.3 is 5.97 Å². The Morgan fingerprint density at radius 2 is 2.56 bits per heavy atom. The van der Waals surface area contributed by atoms with Crippen molar-refractivity contribution in [2.24, 2.45) is 0 Å². The van der Waals surface area contributed by atoms with Gasteiger partial charge in [0.25, 0.3) is 0 Å². The van der Waals surface area contributed by atoms with E-state index in [1.165, 1.54) is 0 Å². The average Bonchev–Trinajstić information content (AvgIpc) is 2.65. The number of aliphatic carboxylic acids is 1. The molecule has 0 aromatic carbocycles. The predicted molar refractivity (Wildman–Crippen MR) is 57.3 cm³/mol. The molecule has 1 fully saturated rings. The lowest BCUT2D eigenvalue weighted by Crippen LogP contribution is -2.30. The summed E-state index contributed by atoms with van der Waals surface area (Å²) in [5.74, 6) is -0.227. The number of likely N-dealkylation sites (N-methyl/N-ethyl adjacent to an activating group) is 1. The number of carbonyl (C=O) groups is 1. The quantitative estimate of drug-likeness (QED) is 0.833. The van der Waals surface area contributed by atoms with Gasteiger partial charge in [0.2, 0.25) is 5.89 Å². The predicted octanol–water partition coefficient (Wildman–Crippen LogP) is 1.11. The summed E-state index contributed by atoms with van der Waals surface area (Å²) in [5, 5.41) is 8.62. The van der Waals surface area contributed by atoms with E-state index in [2.05, 4.69) is 16.9 Å². The van der Waals surface area contributed by atoms with E-state index in [9.17, 15) is 4.79 Å². The van der Waals surface area contributed by atoms with Crippen LogP contribution >= 0.6 is 0 Å². The number of hydrogen-bond donors (Lipinski definition) is 1. The normalized spacial score (nSPS) is 22.2. The van der Waals surface area contributed by atoms with E-state index in [-0.39, 0.29) is 6.42 Å². The highest BCUT2D eigenvalue weighted by Crippen LogP contribution is 2.25. The van der Waals surface area contributed by atoms with Crippen LogP contribution in [0, 0.1) is 0 Å². The number of hydrogen-bond acceptors (Lipinski definition) is 4. The van der Waals surface area contributed by atoms with Gasteiger partial charge in [0.1, 0.15) is 12.7 Å². The van der Waals surface area contributed by atoms with Gasteiger partial charge in [-0.3, -0.25) is 4.79 Å². The summed E-state index contributed by atoms with van der Waals surface area (Å²) in [6.07, 6.45) is 3.72. The Morgan fingerprint density at radius 3 is 3.25 bits per heavy atom. The van der Waals surface area contributed by atoms with E-state index in [1.807, 2.05) is 0 Å². The molecule has 0 spiro atoms. The van der Waals surface area contributed by atoms with E-state index in [4.69, 9.17) is 9.52 Å². The first-order chi connectivity index (χ1) is 7.65. The molecule has 0 saturated carbocycles. The first-order valence-corrected chi connectivity index (χ1v) is 5.50. The summed E-state index contributed by atoms with van der Waals surface area (Å²) in [7, 11) is 2.09. The maximum absolute atomic E-state index is 10.5. The highest BCUT2D eigenvalue weighted by molar-refractivity contribution is 5.68. The third-order valence-corrected chi connectivity index (χ3v) is 2.91. The maximum Gasteiger partial charge on any atom is 0.312 e. The van der Waals surface area contributed by atoms with Crippen LogP contribution in [0.25, 0.3) is 0 Å². The zero-order valence-electron chi connectivity index (χ0n) is 9.35. The lowest BCUT2D eigenvalue weighted by molar-refractivity contribution is -0.136. The average molecular weight is 224 g/mol. The highest BCUT2D eigenvalue weighted by atomic mass is 16.4. The second-order valence-electron chi connectivity index (χ2n) is 4.34. The van der Waals surface area contributed by atoms with Gasteiger partial charge in [-0.05, 0) is 26.4 Å². The Balaban J connectivity index is 2.03. The van der Waals surface area contributed by atoms with Crippen molar-refractivity contribution < 1.29 is 14.3 Å². The Bertz CT molecular complexity index is 375. The van der Waals surface area contributed by atoms with Crippen LogP contribution < -0.4 is 0 Å². The van der Waals surface area contributed by atoms with E-state index in [1.54, 1.807) is 6.26 Å². The lowest BCUT2D eigenvalue weighted by atomic mass is 9.96. The van der Waals surface area contributed by atoms with E-state index in [0.717, 1.165) is 31.6 Å². The van der Waals surface area contributed by atoms with Crippen molar-refractivity contribution in [3.8, 4) is 0 Å². The second-order valence-corrected chi connectivity index (χ2v) is 4.34. The molecule has 88 valence electrons. The number of nitrogens with zero attached hydrogens (tertiary/aromatic N) is 2. The van der Waals surface area contributed by atoms with Crippen molar-refractivity contribution in [1.82, 2.24) is 9.88 Å². The first kappa shape index (κ1) is 11.1. The van der Waals surface area contributed by atoms with E-state index < -0.39 is 5.97 Å². The van der Waals surface area contributed by atoms with Gasteiger partial charge in [-0.2, -0.15) is 0 Å². The molecule has 0 bridgehead atoms. The molecule has 1 atom stereocenters. The van der Waals surface area contributed by atoms with Crippen molar-refractivity contribution in [2.45, 2.75) is 25.2 Å². The smallest absolute Gasteiger partial charge is 0.312 e. The zero-order chi connectivity index (χ0) is 11.5. The van der Waals surface area contributed by atoms with Gasteiger partial charge in [0, 0.05) is 12.5 Å². The van der Waals surface area contributed by atoms with Gasteiger partial charge in [0.05, 0.1) is 5.69 Å². The monoisotopic (exact) mass is 224 g/mol. The molecule has 0 aliphatic carbocycles. The fourth-order valence-corrected chi connectivity index (χ4v) is 2.13. The van der Waals surface area contributed by atoms with Crippen molar-refractivity contribution in [1.29, 1.82) is 0 Å². The van der Waals surface area contributed by atoms with E-state index in [0.29, 0.717) is 11.8 Å². The van der Waals surface area contributed by atoms with Gasteiger partial charge in [-0.25, -0.2) is 4.98 Å². The number of carboxylic acid groups (broad SMARTS) is 1. The molecule has 1 unspecified atom stereocenters. The van der Waals surface area contributed by atoms with Crippen molar-refractivity contribution in [3.05, 3.63) is 17.8 Å². The Hall–Kier alpha value is -1.36. The van der Waals surface area contributed by atoms with E-state index >= 15 is 0 Å². The minimum absolute atomic E-state index is 0.136. The molecule has 1 aromatic rings. The molecule has 5 heteroatoms. The molecule has 1 N–H and O–H groups in total. The van der Waals surface area contributed by atoms with Crippen LogP contribution in [0.2, 0.25) is 0 Å². The molecule has 1 saturated heterocycles. The molecule has 5 nitrogen and oxygen atoms in total. The molecular formula is C11H16N2O3. The Kier molecular flexibility index (Phi) is 3.24. The summed E-state index contributed by atoms with van der Waals surface area (Å²) in [6, 6.07) is 0. The molecule has 0 amide bonds. The number of likely N-dealkylation sites (tertiary alicyclic amines) is 1. The Morgan fingerprint density at radius 1 is 1.75 bits per heavy atom. The van der Waals surface area contributed by atoms with Gasteiger partial charge < -0.3 is 14.4 Å². The summed E-state index contributed by atoms with van der Waals surface area (Å²) >= 11 is 0. The molecular weight excluding hydrogens is 208 g/mol. The fourth-order valence-electron chi connectivity index (χ4n) is 2.13. The highest BCUT2D eigenvalue weighted by Gasteiger charge is 2.22. The molecule has 2 heterocycles. The molecule has 1 aromatic heterocycles. The van der Waals surface area contributed by atoms with Crippen LogP contribution in [-0.4, -0.2) is 41.1 Å².